The summed E-state index contributed by atoms with van der Waals surface area (Å²) in [7, 11) is 0. The average Bonchev–Trinajstić information content (AvgIpc) is 2.21. The third kappa shape index (κ3) is 2.53. The highest BCUT2D eigenvalue weighted by Gasteiger charge is 2.34. The minimum atomic E-state index is -0.390. The smallest absolute Gasteiger partial charge is 0.407 e. The van der Waals surface area contributed by atoms with E-state index in [1.54, 1.807) is 6.08 Å². The van der Waals surface area contributed by atoms with Crippen molar-refractivity contribution in [1.29, 1.82) is 0 Å². The molecule has 0 aromatic carbocycles. The second kappa shape index (κ2) is 4.71. The number of allylic oxidation sites excluding steroid dienone is 2. The van der Waals surface area contributed by atoms with Crippen LogP contribution in [0.4, 0.5) is 4.79 Å². The molecule has 3 nitrogen and oxygen atoms in total. The summed E-state index contributed by atoms with van der Waals surface area (Å²) in [5, 5.41) is 3.27. The van der Waals surface area contributed by atoms with Crippen LogP contribution in [-0.2, 0) is 4.74 Å². The maximum atomic E-state index is 11.2. The van der Waals surface area contributed by atoms with Crippen LogP contribution in [0.25, 0.3) is 0 Å². The molecule has 0 spiro atoms. The highest BCUT2D eigenvalue weighted by Crippen LogP contribution is 2.27. The van der Waals surface area contributed by atoms with E-state index < -0.39 is 6.09 Å². The summed E-state index contributed by atoms with van der Waals surface area (Å²) >= 11 is 5.96. The van der Waals surface area contributed by atoms with Crippen LogP contribution in [0.3, 0.4) is 0 Å². The van der Waals surface area contributed by atoms with Gasteiger partial charge < -0.3 is 10.1 Å². The van der Waals surface area contributed by atoms with Gasteiger partial charge in [0.1, 0.15) is 6.10 Å². The Morgan fingerprint density at radius 1 is 1.60 bits per heavy atom. The van der Waals surface area contributed by atoms with E-state index in [0.717, 1.165) is 5.57 Å². The van der Waals surface area contributed by atoms with Crippen LogP contribution in [-0.4, -0.2) is 18.2 Å². The molecule has 0 radical (unpaired) electrons. The van der Waals surface area contributed by atoms with Gasteiger partial charge in [-0.25, -0.2) is 4.79 Å². The van der Waals surface area contributed by atoms with E-state index in [1.807, 2.05) is 20.8 Å². The van der Waals surface area contributed by atoms with Crippen LogP contribution >= 0.6 is 11.6 Å². The molecule has 0 aromatic rings. The Morgan fingerprint density at radius 2 is 2.20 bits per heavy atom. The lowest BCUT2D eigenvalue weighted by atomic mass is 9.90. The van der Waals surface area contributed by atoms with Crippen molar-refractivity contribution in [2.45, 2.75) is 32.9 Å². The predicted molar refractivity (Wildman–Crippen MR) is 60.8 cm³/mol. The quantitative estimate of drug-likeness (QED) is 0.740. The van der Waals surface area contributed by atoms with Crippen LogP contribution in [0.15, 0.2) is 23.3 Å². The minimum absolute atomic E-state index is 0.0838. The minimum Gasteiger partial charge on any atom is -0.441 e. The van der Waals surface area contributed by atoms with Crippen LogP contribution in [0.5, 0.6) is 0 Å². The van der Waals surface area contributed by atoms with Crippen molar-refractivity contribution in [1.82, 2.24) is 5.32 Å². The third-order valence-electron chi connectivity index (χ3n) is 2.83. The van der Waals surface area contributed by atoms with Gasteiger partial charge in [0.15, 0.2) is 0 Å². The molecule has 3 unspecified atom stereocenters. The van der Waals surface area contributed by atoms with Gasteiger partial charge in [0.25, 0.3) is 0 Å². The number of nitrogens with one attached hydrogen (secondary N) is 1. The molecule has 84 valence electrons. The van der Waals surface area contributed by atoms with Gasteiger partial charge in [0, 0.05) is 17.0 Å². The van der Waals surface area contributed by atoms with Crippen molar-refractivity contribution >= 4 is 17.7 Å². The zero-order valence-corrected chi connectivity index (χ0v) is 9.97. The van der Waals surface area contributed by atoms with Crippen LogP contribution in [0, 0.1) is 5.92 Å². The van der Waals surface area contributed by atoms with E-state index >= 15 is 0 Å². The van der Waals surface area contributed by atoms with Gasteiger partial charge in [-0.3, -0.25) is 0 Å². The van der Waals surface area contributed by atoms with Gasteiger partial charge in [-0.1, -0.05) is 31.2 Å². The number of rotatable bonds is 2. The monoisotopic (exact) mass is 229 g/mol. The first-order valence-electron chi connectivity index (χ1n) is 4.93. The molecular weight excluding hydrogens is 214 g/mol. The summed E-state index contributed by atoms with van der Waals surface area (Å²) in [6.45, 7) is 9.42. The lowest BCUT2D eigenvalue weighted by Crippen LogP contribution is -2.50. The topological polar surface area (TPSA) is 38.3 Å². The number of halogens is 1. The summed E-state index contributed by atoms with van der Waals surface area (Å²) in [5.41, 5.74) is 0.848. The summed E-state index contributed by atoms with van der Waals surface area (Å²) in [4.78, 5) is 11.2. The Labute approximate surface area is 95.1 Å². The number of hydrogen-bond donors (Lipinski definition) is 1. The summed E-state index contributed by atoms with van der Waals surface area (Å²) in [5.74, 6) is 0.191. The zero-order valence-electron chi connectivity index (χ0n) is 9.21. The summed E-state index contributed by atoms with van der Waals surface area (Å²) in [6.07, 6.45) is 0.905. The first-order chi connectivity index (χ1) is 6.97. The van der Waals surface area contributed by atoms with Gasteiger partial charge in [-0.05, 0) is 19.4 Å². The SMILES string of the molecule is C=CC(Cl)=C(C)C1OC(=O)NC(C)C1C. The van der Waals surface area contributed by atoms with Crippen molar-refractivity contribution in [3.63, 3.8) is 0 Å². The van der Waals surface area contributed by atoms with Gasteiger partial charge in [0.05, 0.1) is 0 Å². The second-order valence-corrected chi connectivity index (χ2v) is 4.26. The average molecular weight is 230 g/mol. The normalized spacial score (nSPS) is 32.5. The highest BCUT2D eigenvalue weighted by molar-refractivity contribution is 6.31. The first-order valence-corrected chi connectivity index (χ1v) is 5.31. The largest absolute Gasteiger partial charge is 0.441 e. The Bertz CT molecular complexity index is 312. The lowest BCUT2D eigenvalue weighted by molar-refractivity contribution is 0.0454. The Morgan fingerprint density at radius 3 is 2.73 bits per heavy atom. The maximum absolute atomic E-state index is 11.2. The fraction of sp³-hybridized carbons (Fsp3) is 0.545. The molecule has 0 saturated carbocycles. The van der Waals surface area contributed by atoms with Crippen molar-refractivity contribution < 1.29 is 9.53 Å². The number of ether oxygens (including phenoxy) is 1. The molecule has 1 rings (SSSR count). The number of carbonyl (C=O) groups is 1. The molecule has 0 bridgehead atoms. The van der Waals surface area contributed by atoms with Gasteiger partial charge >= 0.3 is 6.09 Å². The molecule has 4 heteroatoms. The van der Waals surface area contributed by atoms with E-state index in [9.17, 15) is 4.79 Å². The van der Waals surface area contributed by atoms with E-state index in [1.165, 1.54) is 0 Å². The summed E-state index contributed by atoms with van der Waals surface area (Å²) < 4.78 is 5.21. The highest BCUT2D eigenvalue weighted by atomic mass is 35.5. The molecule has 1 amide bonds. The second-order valence-electron chi connectivity index (χ2n) is 3.85. The Kier molecular flexibility index (Phi) is 3.80. The van der Waals surface area contributed by atoms with Gasteiger partial charge in [-0.2, -0.15) is 0 Å². The number of hydrogen-bond acceptors (Lipinski definition) is 2. The van der Waals surface area contributed by atoms with Crippen molar-refractivity contribution in [2.75, 3.05) is 0 Å². The molecule has 1 saturated heterocycles. The van der Waals surface area contributed by atoms with E-state index in [-0.39, 0.29) is 18.1 Å². The molecule has 1 fully saturated rings. The van der Waals surface area contributed by atoms with Crippen molar-refractivity contribution in [3.8, 4) is 0 Å². The van der Waals surface area contributed by atoms with Gasteiger partial charge in [-0.15, -0.1) is 0 Å². The van der Waals surface area contributed by atoms with E-state index in [0.29, 0.717) is 5.03 Å². The molecule has 1 aliphatic heterocycles. The molecule has 1 heterocycles. The first kappa shape index (κ1) is 12.1. The number of amides is 1. The van der Waals surface area contributed by atoms with E-state index in [2.05, 4.69) is 11.9 Å². The van der Waals surface area contributed by atoms with Crippen molar-refractivity contribution in [2.24, 2.45) is 5.92 Å². The number of cyclic esters (lactones) is 1. The standard InChI is InChI=1S/C11H16ClNO2/c1-5-9(12)7(3)10-6(2)8(4)13-11(14)15-10/h5-6,8,10H,1H2,2-4H3,(H,13,14). The van der Waals surface area contributed by atoms with Crippen LogP contribution < -0.4 is 5.32 Å². The Balaban J connectivity index is 2.93. The maximum Gasteiger partial charge on any atom is 0.407 e. The van der Waals surface area contributed by atoms with Gasteiger partial charge in [0.2, 0.25) is 0 Å². The molecule has 3 atom stereocenters. The van der Waals surface area contributed by atoms with E-state index in [4.69, 9.17) is 16.3 Å². The predicted octanol–water partition coefficient (Wildman–Crippen LogP) is 2.82. The molecule has 0 aliphatic carbocycles. The fourth-order valence-electron chi connectivity index (χ4n) is 1.62. The molecular formula is C11H16ClNO2. The number of carbonyl (C=O) groups excluding carboxylic acids is 1. The van der Waals surface area contributed by atoms with Crippen LogP contribution in [0.2, 0.25) is 0 Å². The third-order valence-corrected chi connectivity index (χ3v) is 3.28. The lowest BCUT2D eigenvalue weighted by Gasteiger charge is -2.35. The Hall–Kier alpha value is -0.960. The molecule has 1 aliphatic rings. The van der Waals surface area contributed by atoms with Crippen molar-refractivity contribution in [3.05, 3.63) is 23.3 Å². The summed E-state index contributed by atoms with van der Waals surface area (Å²) in [6, 6.07) is 0.0838. The number of alkyl carbamates (subject to hydrolysis) is 1. The molecule has 15 heavy (non-hydrogen) atoms. The molecule has 1 N–H and O–H groups in total. The zero-order chi connectivity index (χ0) is 11.6. The molecule has 0 aromatic heterocycles. The fourth-order valence-corrected chi connectivity index (χ4v) is 1.72. The van der Waals surface area contributed by atoms with Crippen LogP contribution in [0.1, 0.15) is 20.8 Å².